The Kier molecular flexibility index (Phi) is 11.0. The summed E-state index contributed by atoms with van der Waals surface area (Å²) in [5, 5.41) is 6.70. The van der Waals surface area contributed by atoms with E-state index in [9.17, 15) is 4.79 Å². The molecule has 0 aromatic carbocycles. The van der Waals surface area contributed by atoms with Crippen LogP contribution >= 0.6 is 47.4 Å². The van der Waals surface area contributed by atoms with Gasteiger partial charge in [0.05, 0.1) is 16.1 Å². The molecular weight excluding hydrogens is 355 g/mol. The van der Waals surface area contributed by atoms with Gasteiger partial charge >= 0.3 is 0 Å². The van der Waals surface area contributed by atoms with Crippen LogP contribution in [0.3, 0.4) is 0 Å². The number of thioether (sulfide) groups is 1. The second kappa shape index (κ2) is 11.2. The first-order valence-electron chi connectivity index (χ1n) is 6.11. The van der Waals surface area contributed by atoms with Crippen molar-refractivity contribution in [1.82, 2.24) is 10.3 Å². The molecule has 0 aliphatic heterocycles. The third-order valence-corrected chi connectivity index (χ3v) is 3.63. The molecule has 1 aromatic rings. The molecule has 0 saturated carbocycles. The van der Waals surface area contributed by atoms with E-state index in [2.05, 4.69) is 15.6 Å². The van der Waals surface area contributed by atoms with Crippen LogP contribution in [0.1, 0.15) is 6.42 Å². The number of hydrogen-bond acceptors (Lipinski definition) is 5. The Bertz CT molecular complexity index is 451. The van der Waals surface area contributed by atoms with Crippen molar-refractivity contribution < 1.29 is 4.79 Å². The molecule has 0 aliphatic carbocycles. The van der Waals surface area contributed by atoms with Crippen LogP contribution in [0.25, 0.3) is 0 Å². The Morgan fingerprint density at radius 3 is 2.81 bits per heavy atom. The van der Waals surface area contributed by atoms with Gasteiger partial charge in [-0.2, -0.15) is 11.8 Å². The maximum Gasteiger partial charge on any atom is 0.237 e. The summed E-state index contributed by atoms with van der Waals surface area (Å²) in [6, 6.07) is 1.15. The van der Waals surface area contributed by atoms with Gasteiger partial charge in [0.15, 0.2) is 0 Å². The number of amides is 1. The second-order valence-corrected chi connectivity index (χ2v) is 5.92. The number of hydrogen-bond donors (Lipinski definition) is 3. The van der Waals surface area contributed by atoms with Gasteiger partial charge in [-0.05, 0) is 24.5 Å². The molecule has 0 saturated heterocycles. The summed E-state index contributed by atoms with van der Waals surface area (Å²) in [7, 11) is 0. The van der Waals surface area contributed by atoms with Crippen LogP contribution in [0.5, 0.6) is 0 Å². The van der Waals surface area contributed by atoms with Crippen molar-refractivity contribution in [2.45, 2.75) is 12.5 Å². The van der Waals surface area contributed by atoms with Gasteiger partial charge in [-0.3, -0.25) is 4.79 Å². The molecule has 0 radical (unpaired) electrons. The lowest BCUT2D eigenvalue weighted by molar-refractivity contribution is -0.122. The van der Waals surface area contributed by atoms with Crippen molar-refractivity contribution in [2.24, 2.45) is 5.73 Å². The summed E-state index contributed by atoms with van der Waals surface area (Å²) in [4.78, 5) is 15.7. The number of halogens is 3. The number of nitrogens with zero attached hydrogens (tertiary/aromatic N) is 1. The molecule has 4 N–H and O–H groups in total. The van der Waals surface area contributed by atoms with E-state index in [-0.39, 0.29) is 18.3 Å². The van der Waals surface area contributed by atoms with Gasteiger partial charge < -0.3 is 16.4 Å². The first kappa shape index (κ1) is 20.6. The predicted molar refractivity (Wildman–Crippen MR) is 94.0 cm³/mol. The van der Waals surface area contributed by atoms with E-state index in [1.165, 1.54) is 6.20 Å². The van der Waals surface area contributed by atoms with Crippen LogP contribution in [0.4, 0.5) is 5.82 Å². The Morgan fingerprint density at radius 1 is 1.48 bits per heavy atom. The Hall–Kier alpha value is -0.400. The van der Waals surface area contributed by atoms with E-state index in [4.69, 9.17) is 28.9 Å². The van der Waals surface area contributed by atoms with Gasteiger partial charge in [-0.25, -0.2) is 4.98 Å². The number of pyridine rings is 1. The number of aromatic nitrogens is 1. The van der Waals surface area contributed by atoms with Crippen molar-refractivity contribution in [2.75, 3.05) is 30.4 Å². The van der Waals surface area contributed by atoms with Crippen molar-refractivity contribution in [1.29, 1.82) is 0 Å². The van der Waals surface area contributed by atoms with Gasteiger partial charge in [0.1, 0.15) is 5.82 Å². The van der Waals surface area contributed by atoms with Crippen LogP contribution in [0, 0.1) is 0 Å². The minimum atomic E-state index is -0.459. The van der Waals surface area contributed by atoms with Gasteiger partial charge in [0.2, 0.25) is 5.91 Å². The minimum absolute atomic E-state index is 0. The quantitative estimate of drug-likeness (QED) is 0.610. The normalized spacial score (nSPS) is 11.4. The van der Waals surface area contributed by atoms with Gasteiger partial charge in [-0.15, -0.1) is 12.4 Å². The first-order valence-corrected chi connectivity index (χ1v) is 8.26. The fourth-order valence-corrected chi connectivity index (χ4v) is 2.35. The zero-order chi connectivity index (χ0) is 15.0. The second-order valence-electron chi connectivity index (χ2n) is 4.09. The van der Waals surface area contributed by atoms with Crippen LogP contribution in [0.15, 0.2) is 12.3 Å². The molecule has 1 rings (SSSR count). The first-order chi connectivity index (χ1) is 9.54. The summed E-state index contributed by atoms with van der Waals surface area (Å²) >= 11 is 13.4. The molecule has 0 bridgehead atoms. The molecule has 0 aliphatic rings. The third-order valence-electron chi connectivity index (χ3n) is 2.49. The van der Waals surface area contributed by atoms with Crippen molar-refractivity contribution in [3.8, 4) is 0 Å². The molecule has 1 amide bonds. The van der Waals surface area contributed by atoms with Crippen LogP contribution in [-0.4, -0.2) is 42.0 Å². The van der Waals surface area contributed by atoms with Crippen molar-refractivity contribution >= 4 is 59.1 Å². The van der Waals surface area contributed by atoms with E-state index < -0.39 is 6.04 Å². The fraction of sp³-hybridized carbons (Fsp3) is 0.500. The molecule has 1 heterocycles. The highest BCUT2D eigenvalue weighted by Crippen LogP contribution is 2.21. The average Bonchev–Trinajstić information content (AvgIpc) is 2.42. The Balaban J connectivity index is 0.00000400. The molecule has 9 heteroatoms. The zero-order valence-electron chi connectivity index (χ0n) is 11.6. The molecular formula is C12H19Cl3N4OS. The van der Waals surface area contributed by atoms with E-state index in [0.29, 0.717) is 35.4 Å². The lowest BCUT2D eigenvalue weighted by Crippen LogP contribution is -2.42. The molecule has 1 atom stereocenters. The molecule has 1 aromatic heterocycles. The van der Waals surface area contributed by atoms with E-state index in [0.717, 1.165) is 5.75 Å². The topological polar surface area (TPSA) is 80.0 Å². The van der Waals surface area contributed by atoms with E-state index in [1.54, 1.807) is 17.8 Å². The molecule has 0 unspecified atom stereocenters. The highest BCUT2D eigenvalue weighted by Gasteiger charge is 2.11. The monoisotopic (exact) mass is 372 g/mol. The summed E-state index contributed by atoms with van der Waals surface area (Å²) in [6.07, 6.45) is 4.16. The van der Waals surface area contributed by atoms with Crippen LogP contribution < -0.4 is 16.4 Å². The standard InChI is InChI=1S/C12H18Cl2N4OS.ClH/c1-20-5-2-10(15)12(19)17-4-3-16-11-9(14)6-8(13)7-18-11;/h6-7,10H,2-5,15H2,1H3,(H,16,18)(H,17,19);1H/t10-;/m0./s1. The SMILES string of the molecule is CSCC[C@H](N)C(=O)NCCNc1ncc(Cl)cc1Cl.Cl. The number of nitrogens with one attached hydrogen (secondary N) is 2. The Morgan fingerprint density at radius 2 is 2.19 bits per heavy atom. The van der Waals surface area contributed by atoms with Crippen LogP contribution in [-0.2, 0) is 4.79 Å². The summed E-state index contributed by atoms with van der Waals surface area (Å²) in [5.74, 6) is 1.27. The fourth-order valence-electron chi connectivity index (χ4n) is 1.42. The lowest BCUT2D eigenvalue weighted by atomic mass is 10.2. The van der Waals surface area contributed by atoms with Gasteiger partial charge in [-0.1, -0.05) is 23.2 Å². The number of carbonyl (C=O) groups excluding carboxylic acids is 1. The van der Waals surface area contributed by atoms with Crippen LogP contribution in [0.2, 0.25) is 10.0 Å². The van der Waals surface area contributed by atoms with E-state index in [1.807, 2.05) is 6.26 Å². The number of rotatable bonds is 8. The highest BCUT2D eigenvalue weighted by atomic mass is 35.5. The minimum Gasteiger partial charge on any atom is -0.367 e. The summed E-state index contributed by atoms with van der Waals surface area (Å²) in [6.45, 7) is 0.960. The summed E-state index contributed by atoms with van der Waals surface area (Å²) < 4.78 is 0. The summed E-state index contributed by atoms with van der Waals surface area (Å²) in [5.41, 5.74) is 5.74. The third kappa shape index (κ3) is 7.97. The number of nitrogens with two attached hydrogens (primary N) is 1. The van der Waals surface area contributed by atoms with E-state index >= 15 is 0 Å². The predicted octanol–water partition coefficient (Wildman–Crippen LogP) is 2.42. The van der Waals surface area contributed by atoms with Crippen molar-refractivity contribution in [3.63, 3.8) is 0 Å². The largest absolute Gasteiger partial charge is 0.367 e. The Labute approximate surface area is 145 Å². The number of anilines is 1. The smallest absolute Gasteiger partial charge is 0.237 e. The molecule has 5 nitrogen and oxygen atoms in total. The highest BCUT2D eigenvalue weighted by molar-refractivity contribution is 7.98. The zero-order valence-corrected chi connectivity index (χ0v) is 14.7. The van der Waals surface area contributed by atoms with Crippen molar-refractivity contribution in [3.05, 3.63) is 22.3 Å². The van der Waals surface area contributed by atoms with Gasteiger partial charge in [0, 0.05) is 19.3 Å². The molecule has 0 fully saturated rings. The maximum absolute atomic E-state index is 11.6. The maximum atomic E-state index is 11.6. The number of carbonyl (C=O) groups is 1. The molecule has 21 heavy (non-hydrogen) atoms. The van der Waals surface area contributed by atoms with Gasteiger partial charge in [0.25, 0.3) is 0 Å². The molecule has 0 spiro atoms. The average molecular weight is 374 g/mol. The molecule has 120 valence electrons. The lowest BCUT2D eigenvalue weighted by Gasteiger charge is -2.12.